The number of rotatable bonds is 20. The molecule has 1 N–H and O–H groups in total. The summed E-state index contributed by atoms with van der Waals surface area (Å²) in [5, 5.41) is 8.60. The Kier molecular flexibility index (Phi) is 22.3. The zero-order valence-electron chi connectivity index (χ0n) is 16.6. The SMILES string of the molecule is CCCCCCCCCCCCCCCCCCCC=NCCO. The summed E-state index contributed by atoms with van der Waals surface area (Å²) in [6.45, 7) is 3.03. The number of hydrogen-bond donors (Lipinski definition) is 1. The summed E-state index contributed by atoms with van der Waals surface area (Å²) in [5.41, 5.74) is 0. The molecule has 144 valence electrons. The van der Waals surface area contributed by atoms with Crippen LogP contribution in [0.5, 0.6) is 0 Å². The molecule has 2 heteroatoms. The van der Waals surface area contributed by atoms with Gasteiger partial charge >= 0.3 is 0 Å². The van der Waals surface area contributed by atoms with Gasteiger partial charge in [0.2, 0.25) is 0 Å². The third-order valence-corrected chi connectivity index (χ3v) is 4.79. The van der Waals surface area contributed by atoms with Crippen molar-refractivity contribution in [3.05, 3.63) is 0 Å². The molecule has 0 amide bonds. The molecule has 0 fully saturated rings. The topological polar surface area (TPSA) is 32.6 Å². The van der Waals surface area contributed by atoms with Crippen LogP contribution in [0.4, 0.5) is 0 Å². The van der Waals surface area contributed by atoms with Gasteiger partial charge in [-0.2, -0.15) is 0 Å². The van der Waals surface area contributed by atoms with Crippen molar-refractivity contribution in [2.75, 3.05) is 13.2 Å². The summed E-state index contributed by atoms with van der Waals surface area (Å²) in [7, 11) is 0. The van der Waals surface area contributed by atoms with Crippen LogP contribution in [0.3, 0.4) is 0 Å². The molecule has 0 saturated carbocycles. The normalized spacial score (nSPS) is 11.6. The van der Waals surface area contributed by atoms with Crippen molar-refractivity contribution >= 4 is 6.21 Å². The number of aliphatic imine (C=N–C) groups is 1. The molecule has 0 aliphatic heterocycles. The number of aliphatic hydroxyl groups is 1. The summed E-state index contributed by atoms with van der Waals surface area (Å²) in [6, 6.07) is 0. The molecule has 0 atom stereocenters. The minimum absolute atomic E-state index is 0.176. The maximum Gasteiger partial charge on any atom is 0.0626 e. The Bertz CT molecular complexity index is 240. The quantitative estimate of drug-likeness (QED) is 0.186. The first-order chi connectivity index (χ1) is 11.9. The van der Waals surface area contributed by atoms with Crippen LogP contribution in [0.2, 0.25) is 0 Å². The Morgan fingerprint density at radius 2 is 0.958 bits per heavy atom. The fourth-order valence-electron chi connectivity index (χ4n) is 3.20. The fourth-order valence-corrected chi connectivity index (χ4v) is 3.20. The molecule has 0 heterocycles. The van der Waals surface area contributed by atoms with Crippen LogP contribution in [0.15, 0.2) is 4.99 Å². The lowest BCUT2D eigenvalue weighted by atomic mass is 10.0. The minimum Gasteiger partial charge on any atom is -0.394 e. The van der Waals surface area contributed by atoms with Crippen molar-refractivity contribution < 1.29 is 5.11 Å². The molecular formula is C22H45NO. The maximum atomic E-state index is 8.60. The molecule has 0 radical (unpaired) electrons. The summed E-state index contributed by atoms with van der Waals surface area (Å²) in [6.07, 6.45) is 27.2. The molecule has 2 nitrogen and oxygen atoms in total. The molecular weight excluding hydrogens is 294 g/mol. The Morgan fingerprint density at radius 3 is 1.33 bits per heavy atom. The summed E-state index contributed by atoms with van der Waals surface area (Å²) in [5.74, 6) is 0. The van der Waals surface area contributed by atoms with E-state index in [4.69, 9.17) is 5.11 Å². The fraction of sp³-hybridized carbons (Fsp3) is 0.955. The summed E-state index contributed by atoms with van der Waals surface area (Å²) < 4.78 is 0. The molecule has 0 aromatic heterocycles. The second-order valence-corrected chi connectivity index (χ2v) is 7.26. The molecule has 0 bridgehead atoms. The average Bonchev–Trinajstić information content (AvgIpc) is 2.60. The first-order valence-electron chi connectivity index (χ1n) is 11.0. The molecule has 24 heavy (non-hydrogen) atoms. The van der Waals surface area contributed by atoms with Gasteiger partial charge in [-0.1, -0.05) is 110 Å². The molecule has 0 spiro atoms. The lowest BCUT2D eigenvalue weighted by molar-refractivity contribution is 0.307. The smallest absolute Gasteiger partial charge is 0.0626 e. The van der Waals surface area contributed by atoms with E-state index in [0.29, 0.717) is 6.54 Å². The summed E-state index contributed by atoms with van der Waals surface area (Å²) in [4.78, 5) is 4.13. The van der Waals surface area contributed by atoms with E-state index < -0.39 is 0 Å². The minimum atomic E-state index is 0.176. The molecule has 0 aromatic carbocycles. The van der Waals surface area contributed by atoms with Gasteiger partial charge in [0.1, 0.15) is 0 Å². The van der Waals surface area contributed by atoms with Gasteiger partial charge in [-0.25, -0.2) is 0 Å². The maximum absolute atomic E-state index is 8.60. The van der Waals surface area contributed by atoms with E-state index in [9.17, 15) is 0 Å². The second kappa shape index (κ2) is 22.6. The number of nitrogens with zero attached hydrogens (tertiary/aromatic N) is 1. The Hall–Kier alpha value is -0.370. The highest BCUT2D eigenvalue weighted by Crippen LogP contribution is 2.14. The van der Waals surface area contributed by atoms with E-state index in [1.165, 1.54) is 109 Å². The monoisotopic (exact) mass is 339 g/mol. The Morgan fingerprint density at radius 1 is 0.583 bits per heavy atom. The van der Waals surface area contributed by atoms with Crippen LogP contribution in [-0.4, -0.2) is 24.5 Å². The van der Waals surface area contributed by atoms with E-state index in [-0.39, 0.29) is 6.61 Å². The van der Waals surface area contributed by atoms with E-state index >= 15 is 0 Å². The van der Waals surface area contributed by atoms with E-state index in [1.54, 1.807) is 0 Å². The van der Waals surface area contributed by atoms with Gasteiger partial charge in [0, 0.05) is 0 Å². The number of unbranched alkanes of at least 4 members (excludes halogenated alkanes) is 17. The molecule has 0 aromatic rings. The highest BCUT2D eigenvalue weighted by atomic mass is 16.3. The standard InChI is InChI=1S/C22H45NO/c1-2-3-4-5-6-7-8-9-10-11-12-13-14-15-16-17-18-19-20-23-21-22-24/h20,24H,2-19,21-22H2,1H3. The highest BCUT2D eigenvalue weighted by Gasteiger charge is 1.94. The van der Waals surface area contributed by atoms with Crippen LogP contribution < -0.4 is 0 Å². The van der Waals surface area contributed by atoms with Gasteiger partial charge in [0.05, 0.1) is 13.2 Å². The average molecular weight is 340 g/mol. The van der Waals surface area contributed by atoms with Gasteiger partial charge in [-0.15, -0.1) is 0 Å². The first kappa shape index (κ1) is 23.6. The lowest BCUT2D eigenvalue weighted by Gasteiger charge is -2.03. The van der Waals surface area contributed by atoms with Crippen molar-refractivity contribution in [2.45, 2.75) is 122 Å². The second-order valence-electron chi connectivity index (χ2n) is 7.26. The van der Waals surface area contributed by atoms with Gasteiger partial charge in [0.25, 0.3) is 0 Å². The van der Waals surface area contributed by atoms with Crippen LogP contribution >= 0.6 is 0 Å². The Labute approximate surface area is 152 Å². The molecule has 0 aliphatic carbocycles. The van der Waals surface area contributed by atoms with Crippen molar-refractivity contribution in [1.29, 1.82) is 0 Å². The van der Waals surface area contributed by atoms with E-state index in [2.05, 4.69) is 11.9 Å². The molecule has 0 rings (SSSR count). The van der Waals surface area contributed by atoms with E-state index in [1.807, 2.05) is 6.21 Å². The zero-order valence-corrected chi connectivity index (χ0v) is 16.6. The molecule has 0 aliphatic rings. The third kappa shape index (κ3) is 21.6. The van der Waals surface area contributed by atoms with E-state index in [0.717, 1.165) is 6.42 Å². The largest absolute Gasteiger partial charge is 0.394 e. The Balaban J connectivity index is 2.98. The van der Waals surface area contributed by atoms with Gasteiger partial charge in [-0.3, -0.25) is 4.99 Å². The van der Waals surface area contributed by atoms with Crippen molar-refractivity contribution in [2.24, 2.45) is 4.99 Å². The predicted molar refractivity (Wildman–Crippen MR) is 109 cm³/mol. The highest BCUT2D eigenvalue weighted by molar-refractivity contribution is 5.56. The van der Waals surface area contributed by atoms with Crippen molar-refractivity contribution in [3.8, 4) is 0 Å². The van der Waals surface area contributed by atoms with Crippen molar-refractivity contribution in [3.63, 3.8) is 0 Å². The van der Waals surface area contributed by atoms with Crippen molar-refractivity contribution in [1.82, 2.24) is 0 Å². The molecule has 0 unspecified atom stereocenters. The van der Waals surface area contributed by atoms with Gasteiger partial charge in [-0.05, 0) is 19.1 Å². The third-order valence-electron chi connectivity index (χ3n) is 4.79. The zero-order chi connectivity index (χ0) is 17.6. The van der Waals surface area contributed by atoms with Crippen LogP contribution in [0.1, 0.15) is 122 Å². The van der Waals surface area contributed by atoms with Crippen LogP contribution in [0.25, 0.3) is 0 Å². The van der Waals surface area contributed by atoms with Gasteiger partial charge < -0.3 is 5.11 Å². The summed E-state index contributed by atoms with van der Waals surface area (Å²) >= 11 is 0. The lowest BCUT2D eigenvalue weighted by Crippen LogP contribution is -1.88. The number of aliphatic hydroxyl groups excluding tert-OH is 1. The van der Waals surface area contributed by atoms with Crippen LogP contribution in [-0.2, 0) is 0 Å². The molecule has 0 saturated heterocycles. The number of hydrogen-bond acceptors (Lipinski definition) is 2. The predicted octanol–water partition coefficient (Wildman–Crippen LogP) is 7.09. The van der Waals surface area contributed by atoms with Crippen LogP contribution in [0, 0.1) is 0 Å². The first-order valence-corrected chi connectivity index (χ1v) is 11.0. The van der Waals surface area contributed by atoms with Gasteiger partial charge in [0.15, 0.2) is 0 Å².